The maximum Gasteiger partial charge on any atom is 0.132 e. The molecule has 2 rings (SSSR count). The first-order chi connectivity index (χ1) is 6.63. The van der Waals surface area contributed by atoms with Gasteiger partial charge >= 0.3 is 0 Å². The molecule has 0 spiro atoms. The minimum atomic E-state index is 0.749. The van der Waals surface area contributed by atoms with E-state index in [2.05, 4.69) is 50.5 Å². The van der Waals surface area contributed by atoms with Gasteiger partial charge in [0.25, 0.3) is 0 Å². The van der Waals surface area contributed by atoms with Crippen molar-refractivity contribution in [3.8, 4) is 0 Å². The molecule has 0 aliphatic carbocycles. The van der Waals surface area contributed by atoms with E-state index in [0.717, 1.165) is 30.6 Å². The molecule has 1 aromatic heterocycles. The molecule has 1 aromatic carbocycles. The summed E-state index contributed by atoms with van der Waals surface area (Å²) in [6.07, 6.45) is 0. The Morgan fingerprint density at radius 1 is 1.57 bits per heavy atom. The molecule has 74 valence electrons. The average Bonchev–Trinajstić information content (AvgIpc) is 2.42. The SMILES string of the molecule is CCn1nc(I)c2c(Cl)cc(Br)cc21. The van der Waals surface area contributed by atoms with E-state index in [9.17, 15) is 0 Å². The van der Waals surface area contributed by atoms with Crippen molar-refractivity contribution >= 4 is 61.0 Å². The third-order valence-electron chi connectivity index (χ3n) is 2.03. The molecule has 14 heavy (non-hydrogen) atoms. The van der Waals surface area contributed by atoms with Gasteiger partial charge in [0.2, 0.25) is 0 Å². The summed E-state index contributed by atoms with van der Waals surface area (Å²) in [5.41, 5.74) is 1.08. The van der Waals surface area contributed by atoms with Crippen LogP contribution in [0.1, 0.15) is 6.92 Å². The number of aromatic nitrogens is 2. The van der Waals surface area contributed by atoms with Crippen LogP contribution in [0.2, 0.25) is 5.02 Å². The first-order valence-electron chi connectivity index (χ1n) is 4.14. The molecule has 0 bridgehead atoms. The predicted octanol–water partition coefficient (Wildman–Crippen LogP) is 4.08. The molecule has 0 radical (unpaired) electrons. The second-order valence-corrected chi connectivity index (χ2v) is 5.23. The molecule has 0 aliphatic rings. The van der Waals surface area contributed by atoms with Crippen LogP contribution in [0.4, 0.5) is 0 Å². The highest BCUT2D eigenvalue weighted by molar-refractivity contribution is 14.1. The Labute approximate surface area is 109 Å². The predicted molar refractivity (Wildman–Crippen MR) is 70.8 cm³/mol. The largest absolute Gasteiger partial charge is 0.264 e. The fourth-order valence-electron chi connectivity index (χ4n) is 1.42. The van der Waals surface area contributed by atoms with Gasteiger partial charge < -0.3 is 0 Å². The van der Waals surface area contributed by atoms with E-state index in [1.54, 1.807) is 0 Å². The average molecular weight is 385 g/mol. The summed E-state index contributed by atoms with van der Waals surface area (Å²) in [4.78, 5) is 0. The summed E-state index contributed by atoms with van der Waals surface area (Å²) < 4.78 is 3.89. The molecule has 0 aliphatic heterocycles. The number of halogens is 3. The molecule has 0 saturated carbocycles. The van der Waals surface area contributed by atoms with Gasteiger partial charge in [-0.1, -0.05) is 27.5 Å². The molecular weight excluding hydrogens is 378 g/mol. The Morgan fingerprint density at radius 2 is 2.29 bits per heavy atom. The van der Waals surface area contributed by atoms with Crippen LogP contribution >= 0.6 is 50.1 Å². The Kier molecular flexibility index (Phi) is 3.04. The number of rotatable bonds is 1. The van der Waals surface area contributed by atoms with Gasteiger partial charge in [0.1, 0.15) is 3.70 Å². The van der Waals surface area contributed by atoms with Crippen molar-refractivity contribution in [2.24, 2.45) is 0 Å². The summed E-state index contributed by atoms with van der Waals surface area (Å²) in [5, 5.41) is 6.20. The highest BCUT2D eigenvalue weighted by atomic mass is 127. The second kappa shape index (κ2) is 3.98. The normalized spacial score (nSPS) is 11.1. The molecule has 2 nitrogen and oxygen atoms in total. The van der Waals surface area contributed by atoms with Crippen molar-refractivity contribution in [2.75, 3.05) is 0 Å². The molecule has 0 amide bonds. The van der Waals surface area contributed by atoms with Gasteiger partial charge in [-0.25, -0.2) is 0 Å². The second-order valence-electron chi connectivity index (χ2n) is 2.89. The lowest BCUT2D eigenvalue weighted by Gasteiger charge is -1.99. The summed E-state index contributed by atoms with van der Waals surface area (Å²) in [6, 6.07) is 3.94. The highest BCUT2D eigenvalue weighted by Gasteiger charge is 2.11. The molecule has 0 N–H and O–H groups in total. The number of fused-ring (bicyclic) bond motifs is 1. The van der Waals surface area contributed by atoms with Crippen molar-refractivity contribution < 1.29 is 0 Å². The van der Waals surface area contributed by atoms with Crippen molar-refractivity contribution in [3.63, 3.8) is 0 Å². The fourth-order valence-corrected chi connectivity index (χ4v) is 3.29. The van der Waals surface area contributed by atoms with Crippen molar-refractivity contribution in [1.82, 2.24) is 9.78 Å². The van der Waals surface area contributed by atoms with Gasteiger partial charge in [-0.15, -0.1) is 0 Å². The zero-order chi connectivity index (χ0) is 10.3. The standard InChI is InChI=1S/C9H7BrClIN2/c1-2-14-7-4-5(10)3-6(11)8(7)9(12)13-14/h3-4H,2H2,1H3. The zero-order valence-corrected chi connectivity index (χ0v) is 11.9. The van der Waals surface area contributed by atoms with Gasteiger partial charge in [-0.05, 0) is 41.6 Å². The smallest absolute Gasteiger partial charge is 0.132 e. The van der Waals surface area contributed by atoms with Gasteiger partial charge in [0.05, 0.1) is 15.9 Å². The van der Waals surface area contributed by atoms with Gasteiger partial charge in [-0.3, -0.25) is 4.68 Å². The van der Waals surface area contributed by atoms with Gasteiger partial charge in [-0.2, -0.15) is 5.10 Å². The van der Waals surface area contributed by atoms with Crippen LogP contribution in [0.5, 0.6) is 0 Å². The van der Waals surface area contributed by atoms with Crippen LogP contribution < -0.4 is 0 Å². The molecule has 5 heteroatoms. The minimum absolute atomic E-state index is 0.749. The van der Waals surface area contributed by atoms with E-state index >= 15 is 0 Å². The van der Waals surface area contributed by atoms with E-state index < -0.39 is 0 Å². The van der Waals surface area contributed by atoms with E-state index in [-0.39, 0.29) is 0 Å². The maximum atomic E-state index is 6.15. The highest BCUT2D eigenvalue weighted by Crippen LogP contribution is 2.31. The van der Waals surface area contributed by atoms with Crippen molar-refractivity contribution in [2.45, 2.75) is 13.5 Å². The molecule has 2 aromatic rings. The number of hydrogen-bond acceptors (Lipinski definition) is 1. The lowest BCUT2D eigenvalue weighted by molar-refractivity contribution is 0.678. The third-order valence-corrected chi connectivity index (χ3v) is 3.54. The fraction of sp³-hybridized carbons (Fsp3) is 0.222. The van der Waals surface area contributed by atoms with Crippen LogP contribution in [0.15, 0.2) is 16.6 Å². The summed E-state index contributed by atoms with van der Waals surface area (Å²) in [6.45, 7) is 2.92. The summed E-state index contributed by atoms with van der Waals surface area (Å²) in [5.74, 6) is 0. The molecule has 0 atom stereocenters. The van der Waals surface area contributed by atoms with E-state index in [0.29, 0.717) is 0 Å². The van der Waals surface area contributed by atoms with Crippen LogP contribution in [-0.4, -0.2) is 9.78 Å². The maximum absolute atomic E-state index is 6.15. The van der Waals surface area contributed by atoms with E-state index in [4.69, 9.17) is 11.6 Å². The summed E-state index contributed by atoms with van der Waals surface area (Å²) >= 11 is 11.8. The minimum Gasteiger partial charge on any atom is -0.264 e. The van der Waals surface area contributed by atoms with Crippen LogP contribution in [0.3, 0.4) is 0 Å². The first-order valence-corrected chi connectivity index (χ1v) is 6.39. The third kappa shape index (κ3) is 1.67. The van der Waals surface area contributed by atoms with E-state index in [1.807, 2.05) is 16.8 Å². The van der Waals surface area contributed by atoms with Crippen LogP contribution in [0, 0.1) is 3.70 Å². The molecule has 1 heterocycles. The molecule has 0 unspecified atom stereocenters. The Hall–Kier alpha value is 0.190. The lowest BCUT2D eigenvalue weighted by Crippen LogP contribution is -1.95. The van der Waals surface area contributed by atoms with Crippen molar-refractivity contribution in [3.05, 3.63) is 25.3 Å². The number of benzene rings is 1. The van der Waals surface area contributed by atoms with E-state index in [1.165, 1.54) is 0 Å². The first kappa shape index (κ1) is 10.7. The topological polar surface area (TPSA) is 17.8 Å². The van der Waals surface area contributed by atoms with Gasteiger partial charge in [0, 0.05) is 11.0 Å². The number of nitrogens with zero attached hydrogens (tertiary/aromatic N) is 2. The number of aryl methyl sites for hydroxylation is 1. The zero-order valence-electron chi connectivity index (χ0n) is 7.39. The van der Waals surface area contributed by atoms with Crippen LogP contribution in [0.25, 0.3) is 10.9 Å². The number of hydrogen-bond donors (Lipinski definition) is 0. The lowest BCUT2D eigenvalue weighted by atomic mass is 10.2. The molecule has 0 saturated heterocycles. The van der Waals surface area contributed by atoms with Crippen LogP contribution in [-0.2, 0) is 6.54 Å². The Balaban J connectivity index is 2.89. The Morgan fingerprint density at radius 3 is 2.93 bits per heavy atom. The molecule has 0 fully saturated rings. The van der Waals surface area contributed by atoms with Gasteiger partial charge in [0.15, 0.2) is 0 Å². The monoisotopic (exact) mass is 384 g/mol. The molecular formula is C9H7BrClIN2. The quantitative estimate of drug-likeness (QED) is 0.677. The Bertz CT molecular complexity index is 495. The summed E-state index contributed by atoms with van der Waals surface area (Å²) in [7, 11) is 0. The van der Waals surface area contributed by atoms with Crippen molar-refractivity contribution in [1.29, 1.82) is 0 Å².